The number of nitrogens with zero attached hydrogens (tertiary/aromatic N) is 5. The molecular formula is C20H26N6O2. The maximum atomic E-state index is 13.1. The van der Waals surface area contributed by atoms with E-state index in [1.54, 1.807) is 0 Å². The molecule has 0 amide bonds. The summed E-state index contributed by atoms with van der Waals surface area (Å²) in [6.07, 6.45) is 0. The Morgan fingerprint density at radius 2 is 1.93 bits per heavy atom. The molecule has 1 unspecified atom stereocenters. The quantitative estimate of drug-likeness (QED) is 0.745. The second-order valence-corrected chi connectivity index (χ2v) is 8.32. The van der Waals surface area contributed by atoms with E-state index in [-0.39, 0.29) is 17.1 Å². The number of hydrogen-bond donors (Lipinski definition) is 1. The third-order valence-corrected chi connectivity index (χ3v) is 5.11. The molecule has 2 aromatic heterocycles. The zero-order valence-corrected chi connectivity index (χ0v) is 16.8. The highest BCUT2D eigenvalue weighted by molar-refractivity contribution is 5.79. The maximum absolute atomic E-state index is 13.1. The standard InChI is InChI=1S/C20H26N6O2/c1-13-5-6-14-12-15(19(27)21-16(14)11-13)17(25-7-9-28-10-8-25)18-22-23-24-26(18)20(2,3)4/h5-6,11-12,17H,7-10H2,1-4H3,(H,21,27). The van der Waals surface area contributed by atoms with Crippen molar-refractivity contribution in [3.05, 3.63) is 51.6 Å². The van der Waals surface area contributed by atoms with E-state index >= 15 is 0 Å². The van der Waals surface area contributed by atoms with Crippen molar-refractivity contribution in [1.82, 2.24) is 30.1 Å². The van der Waals surface area contributed by atoms with E-state index in [9.17, 15) is 4.79 Å². The summed E-state index contributed by atoms with van der Waals surface area (Å²) in [5, 5.41) is 13.5. The monoisotopic (exact) mass is 382 g/mol. The lowest BCUT2D eigenvalue weighted by Gasteiger charge is -2.34. The average molecular weight is 382 g/mol. The average Bonchev–Trinajstić information content (AvgIpc) is 3.13. The van der Waals surface area contributed by atoms with Gasteiger partial charge in [0.25, 0.3) is 5.56 Å². The minimum absolute atomic E-state index is 0.113. The first-order valence-electron chi connectivity index (χ1n) is 9.59. The third kappa shape index (κ3) is 3.45. The Morgan fingerprint density at radius 1 is 1.18 bits per heavy atom. The molecule has 1 aromatic carbocycles. The zero-order valence-electron chi connectivity index (χ0n) is 16.8. The summed E-state index contributed by atoms with van der Waals surface area (Å²) >= 11 is 0. The molecule has 3 heterocycles. The molecule has 8 heteroatoms. The van der Waals surface area contributed by atoms with Gasteiger partial charge in [-0.05, 0) is 61.2 Å². The second-order valence-electron chi connectivity index (χ2n) is 8.32. The Labute approximate surface area is 163 Å². The van der Waals surface area contributed by atoms with E-state index in [1.165, 1.54) is 0 Å². The van der Waals surface area contributed by atoms with Gasteiger partial charge in [0, 0.05) is 24.2 Å². The van der Waals surface area contributed by atoms with Crippen LogP contribution in [0.15, 0.2) is 29.1 Å². The summed E-state index contributed by atoms with van der Waals surface area (Å²) in [6.45, 7) is 10.8. The Hall–Kier alpha value is -2.58. The SMILES string of the molecule is Cc1ccc2cc(C(c3nnnn3C(C)(C)C)N3CCOCC3)c(=O)[nH]c2c1. The molecule has 0 spiro atoms. The van der Waals surface area contributed by atoms with Crippen LogP contribution in [-0.2, 0) is 10.3 Å². The minimum Gasteiger partial charge on any atom is -0.379 e. The van der Waals surface area contributed by atoms with Crippen LogP contribution in [0.5, 0.6) is 0 Å². The van der Waals surface area contributed by atoms with E-state index in [2.05, 4.69) is 46.2 Å². The molecule has 8 nitrogen and oxygen atoms in total. The van der Waals surface area contributed by atoms with Gasteiger partial charge >= 0.3 is 0 Å². The summed E-state index contributed by atoms with van der Waals surface area (Å²) in [7, 11) is 0. The van der Waals surface area contributed by atoms with Crippen LogP contribution in [0.3, 0.4) is 0 Å². The van der Waals surface area contributed by atoms with E-state index in [0.717, 1.165) is 16.5 Å². The van der Waals surface area contributed by atoms with Crippen LogP contribution in [0.25, 0.3) is 10.9 Å². The van der Waals surface area contributed by atoms with Crippen molar-refractivity contribution >= 4 is 10.9 Å². The molecule has 0 bridgehead atoms. The fourth-order valence-electron chi connectivity index (χ4n) is 3.71. The highest BCUT2D eigenvalue weighted by Crippen LogP contribution is 2.29. The number of tetrazole rings is 1. The first-order chi connectivity index (χ1) is 13.3. The predicted octanol–water partition coefficient (Wildman–Crippen LogP) is 2.00. The molecule has 1 fully saturated rings. The van der Waals surface area contributed by atoms with Gasteiger partial charge in [0.05, 0.1) is 18.8 Å². The van der Waals surface area contributed by atoms with Gasteiger partial charge in [0.15, 0.2) is 5.82 Å². The largest absolute Gasteiger partial charge is 0.379 e. The molecule has 1 atom stereocenters. The fraction of sp³-hybridized carbons (Fsp3) is 0.500. The molecule has 1 saturated heterocycles. The number of aryl methyl sites for hydroxylation is 1. The number of pyridine rings is 1. The molecule has 3 aromatic rings. The van der Waals surface area contributed by atoms with Crippen LogP contribution in [-0.4, -0.2) is 56.4 Å². The summed E-state index contributed by atoms with van der Waals surface area (Å²) < 4.78 is 7.34. The predicted molar refractivity (Wildman–Crippen MR) is 106 cm³/mol. The molecular weight excluding hydrogens is 356 g/mol. The smallest absolute Gasteiger partial charge is 0.253 e. The molecule has 0 radical (unpaired) electrons. The van der Waals surface area contributed by atoms with Crippen LogP contribution in [0.1, 0.15) is 43.8 Å². The van der Waals surface area contributed by atoms with E-state index in [1.807, 2.05) is 35.9 Å². The number of aromatic nitrogens is 5. The Balaban J connectivity index is 1.90. The van der Waals surface area contributed by atoms with Crippen LogP contribution in [0.4, 0.5) is 0 Å². The minimum atomic E-state index is -0.340. The maximum Gasteiger partial charge on any atom is 0.253 e. The summed E-state index contributed by atoms with van der Waals surface area (Å²) in [5.74, 6) is 0.673. The molecule has 1 aliphatic rings. The van der Waals surface area contributed by atoms with Crippen molar-refractivity contribution in [2.45, 2.75) is 39.3 Å². The summed E-state index contributed by atoms with van der Waals surface area (Å²) in [6, 6.07) is 7.70. The molecule has 1 N–H and O–H groups in total. The molecule has 0 saturated carbocycles. The number of benzene rings is 1. The van der Waals surface area contributed by atoms with Crippen molar-refractivity contribution in [3.63, 3.8) is 0 Å². The highest BCUT2D eigenvalue weighted by atomic mass is 16.5. The normalized spacial score (nSPS) is 17.1. The van der Waals surface area contributed by atoms with E-state index < -0.39 is 0 Å². The number of ether oxygens (including phenoxy) is 1. The van der Waals surface area contributed by atoms with Gasteiger partial charge in [-0.15, -0.1) is 5.10 Å². The zero-order chi connectivity index (χ0) is 19.9. The van der Waals surface area contributed by atoms with Crippen molar-refractivity contribution in [2.24, 2.45) is 0 Å². The Kier molecular flexibility index (Phi) is 4.76. The van der Waals surface area contributed by atoms with Crippen molar-refractivity contribution < 1.29 is 4.74 Å². The van der Waals surface area contributed by atoms with Crippen molar-refractivity contribution in [1.29, 1.82) is 0 Å². The number of morpholine rings is 1. The van der Waals surface area contributed by atoms with Crippen molar-refractivity contribution in [3.8, 4) is 0 Å². The number of nitrogens with one attached hydrogen (secondary N) is 1. The third-order valence-electron chi connectivity index (χ3n) is 5.11. The van der Waals surface area contributed by atoms with Gasteiger partial charge in [-0.1, -0.05) is 12.1 Å². The second kappa shape index (κ2) is 7.10. The van der Waals surface area contributed by atoms with Crippen LogP contribution in [0.2, 0.25) is 0 Å². The molecule has 4 rings (SSSR count). The van der Waals surface area contributed by atoms with Crippen molar-refractivity contribution in [2.75, 3.05) is 26.3 Å². The topological polar surface area (TPSA) is 88.9 Å². The lowest BCUT2D eigenvalue weighted by molar-refractivity contribution is 0.0206. The molecule has 148 valence electrons. The van der Waals surface area contributed by atoms with Crippen LogP contribution < -0.4 is 5.56 Å². The van der Waals surface area contributed by atoms with Gasteiger partial charge in [0.2, 0.25) is 0 Å². The number of fused-ring (bicyclic) bond motifs is 1. The number of hydrogen-bond acceptors (Lipinski definition) is 6. The highest BCUT2D eigenvalue weighted by Gasteiger charge is 2.34. The van der Waals surface area contributed by atoms with Gasteiger partial charge in [-0.3, -0.25) is 9.69 Å². The number of H-pyrrole nitrogens is 1. The lowest BCUT2D eigenvalue weighted by atomic mass is 10.0. The summed E-state index contributed by atoms with van der Waals surface area (Å²) in [5.41, 5.74) is 2.18. The first kappa shape index (κ1) is 18.8. The molecule has 0 aliphatic carbocycles. The van der Waals surface area contributed by atoms with Crippen LogP contribution >= 0.6 is 0 Å². The van der Waals surface area contributed by atoms with Gasteiger partial charge in [-0.25, -0.2) is 4.68 Å². The number of aromatic amines is 1. The molecule has 1 aliphatic heterocycles. The van der Waals surface area contributed by atoms with Crippen LogP contribution in [0, 0.1) is 6.92 Å². The Bertz CT molecular complexity index is 1040. The fourth-order valence-corrected chi connectivity index (χ4v) is 3.71. The van der Waals surface area contributed by atoms with Gasteiger partial charge < -0.3 is 9.72 Å². The van der Waals surface area contributed by atoms with E-state index in [0.29, 0.717) is 37.7 Å². The summed E-state index contributed by atoms with van der Waals surface area (Å²) in [4.78, 5) is 18.4. The van der Waals surface area contributed by atoms with E-state index in [4.69, 9.17) is 4.74 Å². The Morgan fingerprint density at radius 3 is 2.64 bits per heavy atom. The lowest BCUT2D eigenvalue weighted by Crippen LogP contribution is -2.43. The number of rotatable bonds is 3. The van der Waals surface area contributed by atoms with Gasteiger partial charge in [-0.2, -0.15) is 0 Å². The first-order valence-corrected chi connectivity index (χ1v) is 9.59. The van der Waals surface area contributed by atoms with Gasteiger partial charge in [0.1, 0.15) is 6.04 Å². The molecule has 28 heavy (non-hydrogen) atoms.